The molecule has 0 bridgehead atoms. The van der Waals surface area contributed by atoms with E-state index in [0.717, 1.165) is 0 Å². The molecular weight excluding hydrogens is 148 g/mol. The second-order valence-electron chi connectivity index (χ2n) is 1.94. The normalized spacial score (nSPS) is 9.64. The largest absolute Gasteiger partial charge is 0.464 e. The highest BCUT2D eigenvalue weighted by atomic mass is 16.5. The van der Waals surface area contributed by atoms with Crippen LogP contribution in [0, 0.1) is 0 Å². The van der Waals surface area contributed by atoms with Crippen molar-refractivity contribution in [1.29, 1.82) is 0 Å². The molecule has 11 heavy (non-hydrogen) atoms. The number of aryl methyl sites for hydroxylation is 1. The van der Waals surface area contributed by atoms with E-state index < -0.39 is 5.97 Å². The number of ether oxygens (including phenoxy) is 1. The Labute approximate surface area is 62.9 Å². The monoisotopic (exact) mass is 156 g/mol. The van der Waals surface area contributed by atoms with Gasteiger partial charge in [-0.2, -0.15) is 0 Å². The Morgan fingerprint density at radius 2 is 2.36 bits per heavy atom. The van der Waals surface area contributed by atoms with E-state index in [4.69, 9.17) is 5.73 Å². The van der Waals surface area contributed by atoms with Crippen LogP contribution >= 0.6 is 0 Å². The van der Waals surface area contributed by atoms with Gasteiger partial charge in [0.1, 0.15) is 0 Å². The SMILES string of the molecule is COC(=O)c1c(N)nnn1C. The van der Waals surface area contributed by atoms with Gasteiger partial charge in [0.15, 0.2) is 11.5 Å². The summed E-state index contributed by atoms with van der Waals surface area (Å²) in [5.41, 5.74) is 5.50. The van der Waals surface area contributed by atoms with Crippen LogP contribution in [0.3, 0.4) is 0 Å². The van der Waals surface area contributed by atoms with E-state index in [2.05, 4.69) is 15.0 Å². The highest BCUT2D eigenvalue weighted by Gasteiger charge is 2.15. The Morgan fingerprint density at radius 3 is 2.73 bits per heavy atom. The highest BCUT2D eigenvalue weighted by molar-refractivity contribution is 5.91. The maximum atomic E-state index is 10.9. The summed E-state index contributed by atoms with van der Waals surface area (Å²) < 4.78 is 5.70. The van der Waals surface area contributed by atoms with Crippen molar-refractivity contribution in [2.24, 2.45) is 7.05 Å². The van der Waals surface area contributed by atoms with Crippen molar-refractivity contribution in [3.8, 4) is 0 Å². The molecule has 6 heteroatoms. The van der Waals surface area contributed by atoms with Crippen molar-refractivity contribution in [3.63, 3.8) is 0 Å². The number of anilines is 1. The lowest BCUT2D eigenvalue weighted by Gasteiger charge is -1.97. The maximum absolute atomic E-state index is 10.9. The van der Waals surface area contributed by atoms with E-state index in [1.54, 1.807) is 7.05 Å². The van der Waals surface area contributed by atoms with Gasteiger partial charge >= 0.3 is 5.97 Å². The molecule has 1 heterocycles. The van der Waals surface area contributed by atoms with E-state index in [1.165, 1.54) is 11.8 Å². The van der Waals surface area contributed by atoms with Crippen LogP contribution in [-0.4, -0.2) is 28.1 Å². The molecule has 0 aliphatic heterocycles. The quantitative estimate of drug-likeness (QED) is 0.537. The van der Waals surface area contributed by atoms with Crippen molar-refractivity contribution in [2.45, 2.75) is 0 Å². The number of rotatable bonds is 1. The Bertz CT molecular complexity index is 261. The van der Waals surface area contributed by atoms with Gasteiger partial charge in [-0.15, -0.1) is 5.10 Å². The van der Waals surface area contributed by atoms with Crippen LogP contribution in [0.4, 0.5) is 5.82 Å². The highest BCUT2D eigenvalue weighted by Crippen LogP contribution is 2.05. The standard InChI is InChI=1S/C5H8N4O2/c1-9-3(5(10)11-2)4(6)7-8-9/h6H2,1-2H3. The molecular formula is C5H8N4O2. The number of methoxy groups -OCH3 is 1. The molecule has 60 valence electrons. The van der Waals surface area contributed by atoms with E-state index in [-0.39, 0.29) is 11.5 Å². The molecule has 0 saturated heterocycles. The van der Waals surface area contributed by atoms with Crippen molar-refractivity contribution in [2.75, 3.05) is 12.8 Å². The molecule has 1 rings (SSSR count). The number of esters is 1. The molecule has 0 aromatic carbocycles. The van der Waals surface area contributed by atoms with Crippen molar-refractivity contribution < 1.29 is 9.53 Å². The summed E-state index contributed by atoms with van der Waals surface area (Å²) in [6.07, 6.45) is 0. The summed E-state index contributed by atoms with van der Waals surface area (Å²) in [6.45, 7) is 0. The van der Waals surface area contributed by atoms with Gasteiger partial charge in [-0.25, -0.2) is 9.48 Å². The van der Waals surface area contributed by atoms with Crippen LogP contribution in [0.2, 0.25) is 0 Å². The summed E-state index contributed by atoms with van der Waals surface area (Å²) in [4.78, 5) is 10.9. The second kappa shape index (κ2) is 2.57. The number of hydrogen-bond acceptors (Lipinski definition) is 5. The molecule has 0 saturated carbocycles. The Morgan fingerprint density at radius 1 is 1.73 bits per heavy atom. The second-order valence-corrected chi connectivity index (χ2v) is 1.94. The van der Waals surface area contributed by atoms with Gasteiger partial charge in [0, 0.05) is 7.05 Å². The number of nitrogens with two attached hydrogens (primary N) is 1. The first-order valence-corrected chi connectivity index (χ1v) is 2.90. The number of nitrogens with zero attached hydrogens (tertiary/aromatic N) is 3. The van der Waals surface area contributed by atoms with Crippen LogP contribution in [0.15, 0.2) is 0 Å². The molecule has 2 N–H and O–H groups in total. The number of hydrogen-bond donors (Lipinski definition) is 1. The van der Waals surface area contributed by atoms with Gasteiger partial charge in [-0.1, -0.05) is 5.21 Å². The molecule has 0 atom stereocenters. The molecule has 0 amide bonds. The molecule has 6 nitrogen and oxygen atoms in total. The van der Waals surface area contributed by atoms with Crippen LogP contribution in [0.25, 0.3) is 0 Å². The zero-order valence-corrected chi connectivity index (χ0v) is 6.24. The Hall–Kier alpha value is -1.59. The first-order chi connectivity index (χ1) is 5.16. The summed E-state index contributed by atoms with van der Waals surface area (Å²) in [7, 11) is 2.84. The summed E-state index contributed by atoms with van der Waals surface area (Å²) in [5, 5.41) is 7.00. The fourth-order valence-electron chi connectivity index (χ4n) is 0.706. The first kappa shape index (κ1) is 7.52. The molecule has 0 unspecified atom stereocenters. The average Bonchev–Trinajstić information content (AvgIpc) is 2.30. The molecule has 0 fully saturated rings. The van der Waals surface area contributed by atoms with Gasteiger partial charge in [0.2, 0.25) is 0 Å². The topological polar surface area (TPSA) is 83.0 Å². The molecule has 0 spiro atoms. The van der Waals surface area contributed by atoms with Gasteiger partial charge in [-0.05, 0) is 0 Å². The van der Waals surface area contributed by atoms with Crippen molar-refractivity contribution in [3.05, 3.63) is 5.69 Å². The zero-order chi connectivity index (χ0) is 8.43. The fourth-order valence-corrected chi connectivity index (χ4v) is 0.706. The van der Waals surface area contributed by atoms with Gasteiger partial charge < -0.3 is 10.5 Å². The third kappa shape index (κ3) is 1.14. The molecule has 0 radical (unpaired) electrons. The van der Waals surface area contributed by atoms with E-state index in [1.807, 2.05) is 0 Å². The summed E-state index contributed by atoms with van der Waals surface area (Å²) in [5.74, 6) is -0.450. The molecule has 1 aromatic heterocycles. The van der Waals surface area contributed by atoms with Crippen LogP contribution < -0.4 is 5.73 Å². The number of carbonyl (C=O) groups excluding carboxylic acids is 1. The van der Waals surface area contributed by atoms with Crippen LogP contribution in [0.1, 0.15) is 10.5 Å². The molecule has 0 aliphatic carbocycles. The number of carbonyl (C=O) groups is 1. The van der Waals surface area contributed by atoms with E-state index in [9.17, 15) is 4.79 Å². The molecule has 1 aromatic rings. The third-order valence-electron chi connectivity index (χ3n) is 1.23. The van der Waals surface area contributed by atoms with Gasteiger partial charge in [0.25, 0.3) is 0 Å². The minimum absolute atomic E-state index is 0.0827. The Balaban J connectivity index is 3.10. The van der Waals surface area contributed by atoms with Gasteiger partial charge in [0.05, 0.1) is 7.11 Å². The van der Waals surface area contributed by atoms with Crippen LogP contribution in [0.5, 0.6) is 0 Å². The van der Waals surface area contributed by atoms with E-state index in [0.29, 0.717) is 0 Å². The predicted octanol–water partition coefficient (Wildman–Crippen LogP) is -0.816. The lowest BCUT2D eigenvalue weighted by Crippen LogP contribution is -2.10. The van der Waals surface area contributed by atoms with Gasteiger partial charge in [-0.3, -0.25) is 0 Å². The first-order valence-electron chi connectivity index (χ1n) is 2.90. The van der Waals surface area contributed by atoms with E-state index >= 15 is 0 Å². The zero-order valence-electron chi connectivity index (χ0n) is 6.24. The maximum Gasteiger partial charge on any atom is 0.360 e. The summed E-state index contributed by atoms with van der Waals surface area (Å²) >= 11 is 0. The Kier molecular flexibility index (Phi) is 1.75. The fraction of sp³-hybridized carbons (Fsp3) is 0.400. The number of nitrogen functional groups attached to an aromatic ring is 1. The number of aromatic nitrogens is 3. The van der Waals surface area contributed by atoms with Crippen molar-refractivity contribution >= 4 is 11.8 Å². The minimum Gasteiger partial charge on any atom is -0.464 e. The molecule has 0 aliphatic rings. The lowest BCUT2D eigenvalue weighted by atomic mass is 10.4. The van der Waals surface area contributed by atoms with Crippen LogP contribution in [-0.2, 0) is 11.8 Å². The average molecular weight is 156 g/mol. The lowest BCUT2D eigenvalue weighted by molar-refractivity contribution is 0.0589. The predicted molar refractivity (Wildman–Crippen MR) is 36.8 cm³/mol. The smallest absolute Gasteiger partial charge is 0.360 e. The summed E-state index contributed by atoms with van der Waals surface area (Å²) in [6, 6.07) is 0. The third-order valence-corrected chi connectivity index (χ3v) is 1.23. The minimum atomic E-state index is -0.532. The van der Waals surface area contributed by atoms with Crippen molar-refractivity contribution in [1.82, 2.24) is 15.0 Å².